The highest BCUT2D eigenvalue weighted by Crippen LogP contribution is 2.47. The number of hydrogen-bond acceptors (Lipinski definition) is 3. The molecule has 2 fully saturated rings. The molecule has 2 heterocycles. The van der Waals surface area contributed by atoms with Crippen LogP contribution in [0.2, 0.25) is 0 Å². The minimum Gasteiger partial charge on any atom is -0.324 e. The van der Waals surface area contributed by atoms with Gasteiger partial charge < -0.3 is 10.2 Å². The molecule has 1 N–H and O–H groups in total. The second-order valence-corrected chi connectivity index (χ2v) is 8.01. The normalized spacial score (nSPS) is 28.6. The summed E-state index contributed by atoms with van der Waals surface area (Å²) in [5.74, 6) is 0.691. The van der Waals surface area contributed by atoms with Gasteiger partial charge in [-0.1, -0.05) is 0 Å². The van der Waals surface area contributed by atoms with Crippen molar-refractivity contribution in [3.63, 3.8) is 0 Å². The maximum atomic E-state index is 12.4. The number of rotatable bonds is 2. The van der Waals surface area contributed by atoms with E-state index in [0.29, 0.717) is 12.2 Å². The monoisotopic (exact) mass is 402 g/mol. The van der Waals surface area contributed by atoms with Gasteiger partial charge >= 0.3 is 0 Å². The third kappa shape index (κ3) is 2.43. The van der Waals surface area contributed by atoms with Gasteiger partial charge in [-0.25, -0.2) is 0 Å². The van der Waals surface area contributed by atoms with Gasteiger partial charge in [-0.05, 0) is 60.2 Å². The zero-order chi connectivity index (χ0) is 14.3. The fourth-order valence-electron chi connectivity index (χ4n) is 2.77. The Kier molecular flexibility index (Phi) is 3.70. The fourth-order valence-corrected chi connectivity index (χ4v) is 4.56. The van der Waals surface area contributed by atoms with Crippen molar-refractivity contribution in [3.8, 4) is 0 Å². The summed E-state index contributed by atoms with van der Waals surface area (Å²) in [5, 5.41) is 2.91. The van der Waals surface area contributed by atoms with E-state index in [1.165, 1.54) is 0 Å². The molecule has 0 spiro atoms. The fraction of sp³-hybridized carbons (Fsp3) is 0.429. The smallest absolute Gasteiger partial charge is 0.248 e. The Morgan fingerprint density at radius 2 is 2.15 bits per heavy atom. The number of thioether (sulfide) groups is 1. The minimum atomic E-state index is -0.348. The number of carbonyl (C=O) groups is 2. The molecule has 2 saturated heterocycles. The van der Waals surface area contributed by atoms with Crippen LogP contribution in [-0.2, 0) is 9.59 Å². The first-order valence-electron chi connectivity index (χ1n) is 6.52. The van der Waals surface area contributed by atoms with Gasteiger partial charge in [0.05, 0.1) is 4.87 Å². The Hall–Kier alpha value is -0.760. The van der Waals surface area contributed by atoms with Crippen molar-refractivity contribution in [1.82, 2.24) is 4.90 Å². The van der Waals surface area contributed by atoms with Crippen molar-refractivity contribution in [3.05, 3.63) is 27.8 Å². The molecule has 0 bridgehead atoms. The number of hydrogen-bond donors (Lipinski definition) is 1. The molecule has 0 aliphatic carbocycles. The quantitative estimate of drug-likeness (QED) is 0.775. The predicted octanol–water partition coefficient (Wildman–Crippen LogP) is 2.68. The maximum absolute atomic E-state index is 12.4. The lowest BCUT2D eigenvalue weighted by Crippen LogP contribution is -2.48. The number of halogens is 1. The van der Waals surface area contributed by atoms with Gasteiger partial charge in [-0.15, -0.1) is 11.8 Å². The van der Waals surface area contributed by atoms with E-state index in [0.717, 1.165) is 15.7 Å². The molecular formula is C14H15IN2O2S. The summed E-state index contributed by atoms with van der Waals surface area (Å²) in [5.41, 5.74) is 0.778. The number of carbonyl (C=O) groups excluding carboxylic acids is 2. The zero-order valence-electron chi connectivity index (χ0n) is 11.1. The van der Waals surface area contributed by atoms with Gasteiger partial charge in [0.25, 0.3) is 0 Å². The average molecular weight is 402 g/mol. The van der Waals surface area contributed by atoms with Crippen LogP contribution < -0.4 is 5.32 Å². The number of nitrogens with one attached hydrogen (secondary N) is 1. The third-order valence-corrected chi connectivity index (χ3v) is 6.08. The average Bonchev–Trinajstić information content (AvgIpc) is 2.90. The van der Waals surface area contributed by atoms with E-state index in [1.807, 2.05) is 24.3 Å². The zero-order valence-corrected chi connectivity index (χ0v) is 14.0. The predicted molar refractivity (Wildman–Crippen MR) is 88.5 cm³/mol. The van der Waals surface area contributed by atoms with E-state index in [2.05, 4.69) is 34.8 Å². The van der Waals surface area contributed by atoms with Crippen LogP contribution in [0, 0.1) is 3.57 Å². The van der Waals surface area contributed by atoms with Crippen molar-refractivity contribution < 1.29 is 9.59 Å². The molecule has 4 nitrogen and oxygen atoms in total. The summed E-state index contributed by atoms with van der Waals surface area (Å²) in [4.78, 5) is 26.0. The van der Waals surface area contributed by atoms with E-state index in [-0.39, 0.29) is 22.7 Å². The van der Waals surface area contributed by atoms with E-state index < -0.39 is 0 Å². The van der Waals surface area contributed by atoms with Crippen LogP contribution in [0.3, 0.4) is 0 Å². The molecule has 20 heavy (non-hydrogen) atoms. The van der Waals surface area contributed by atoms with E-state index >= 15 is 0 Å². The SMILES string of the molecule is C[C@@]12CCC(=O)N1[C@@H](C(=O)Nc1ccc(I)cc1)CS2. The van der Waals surface area contributed by atoms with Crippen LogP contribution in [0.1, 0.15) is 19.8 Å². The molecule has 1 aromatic carbocycles. The van der Waals surface area contributed by atoms with Crippen molar-refractivity contribution in [2.24, 2.45) is 0 Å². The van der Waals surface area contributed by atoms with Gasteiger partial charge in [0.15, 0.2) is 0 Å². The number of fused-ring (bicyclic) bond motifs is 1. The first-order chi connectivity index (χ1) is 9.49. The number of amides is 2. The molecule has 106 valence electrons. The van der Waals surface area contributed by atoms with E-state index in [9.17, 15) is 9.59 Å². The summed E-state index contributed by atoms with van der Waals surface area (Å²) >= 11 is 3.94. The lowest BCUT2D eigenvalue weighted by molar-refractivity contribution is -0.135. The molecule has 2 aliphatic heterocycles. The highest BCUT2D eigenvalue weighted by Gasteiger charge is 2.52. The van der Waals surface area contributed by atoms with Gasteiger partial charge in [-0.2, -0.15) is 0 Å². The summed E-state index contributed by atoms with van der Waals surface area (Å²) in [6, 6.07) is 7.31. The second kappa shape index (κ2) is 5.22. The van der Waals surface area contributed by atoms with E-state index in [1.54, 1.807) is 16.7 Å². The Bertz CT molecular complexity index is 563. The molecule has 0 radical (unpaired) electrons. The van der Waals surface area contributed by atoms with Crippen LogP contribution in [-0.4, -0.2) is 33.4 Å². The molecule has 2 aliphatic rings. The molecule has 2 atom stereocenters. The van der Waals surface area contributed by atoms with Crippen LogP contribution in [0.15, 0.2) is 24.3 Å². The summed E-state index contributed by atoms with van der Waals surface area (Å²) in [6.07, 6.45) is 1.39. The maximum Gasteiger partial charge on any atom is 0.248 e. The Morgan fingerprint density at radius 1 is 1.45 bits per heavy atom. The van der Waals surface area contributed by atoms with Crippen LogP contribution in [0.5, 0.6) is 0 Å². The van der Waals surface area contributed by atoms with Crippen LogP contribution in [0.25, 0.3) is 0 Å². The molecule has 2 amide bonds. The molecule has 6 heteroatoms. The number of nitrogens with zero attached hydrogens (tertiary/aromatic N) is 1. The highest BCUT2D eigenvalue weighted by molar-refractivity contribution is 14.1. The lowest BCUT2D eigenvalue weighted by Gasteiger charge is -2.29. The highest BCUT2D eigenvalue weighted by atomic mass is 127. The number of benzene rings is 1. The Morgan fingerprint density at radius 3 is 2.85 bits per heavy atom. The van der Waals surface area contributed by atoms with Crippen molar-refractivity contribution in [2.45, 2.75) is 30.7 Å². The first kappa shape index (κ1) is 14.2. The molecule has 3 rings (SSSR count). The van der Waals surface area contributed by atoms with Crippen molar-refractivity contribution >= 4 is 51.9 Å². The largest absolute Gasteiger partial charge is 0.324 e. The summed E-state index contributed by atoms with van der Waals surface area (Å²) in [6.45, 7) is 2.06. The summed E-state index contributed by atoms with van der Waals surface area (Å²) < 4.78 is 1.12. The molecular weight excluding hydrogens is 387 g/mol. The van der Waals surface area contributed by atoms with Crippen molar-refractivity contribution in [2.75, 3.05) is 11.1 Å². The summed E-state index contributed by atoms with van der Waals surface area (Å²) in [7, 11) is 0. The Balaban J connectivity index is 1.75. The van der Waals surface area contributed by atoms with Gasteiger partial charge in [0.2, 0.25) is 11.8 Å². The lowest BCUT2D eigenvalue weighted by atomic mass is 10.2. The Labute approximate surface area is 135 Å². The standard InChI is InChI=1S/C14H15IN2O2S/c1-14-7-6-12(18)17(14)11(8-20-14)13(19)16-10-4-2-9(15)3-5-10/h2-5,11H,6-8H2,1H3,(H,16,19)/t11-,14-/m1/s1. The molecule has 0 unspecified atom stereocenters. The topological polar surface area (TPSA) is 49.4 Å². The number of anilines is 1. The second-order valence-electron chi connectivity index (χ2n) is 5.26. The molecule has 1 aromatic rings. The van der Waals surface area contributed by atoms with Crippen LogP contribution in [0.4, 0.5) is 5.69 Å². The van der Waals surface area contributed by atoms with E-state index in [4.69, 9.17) is 0 Å². The first-order valence-corrected chi connectivity index (χ1v) is 8.59. The minimum absolute atomic E-state index is 0.0855. The van der Waals surface area contributed by atoms with Gasteiger partial charge in [-0.3, -0.25) is 9.59 Å². The molecule has 0 aromatic heterocycles. The van der Waals surface area contributed by atoms with Crippen molar-refractivity contribution in [1.29, 1.82) is 0 Å². The molecule has 0 saturated carbocycles. The van der Waals surface area contributed by atoms with Crippen LogP contribution >= 0.6 is 34.4 Å². The third-order valence-electron chi connectivity index (χ3n) is 3.86. The van der Waals surface area contributed by atoms with Gasteiger partial charge in [0, 0.05) is 21.4 Å². The van der Waals surface area contributed by atoms with Gasteiger partial charge in [0.1, 0.15) is 6.04 Å².